The highest BCUT2D eigenvalue weighted by Crippen LogP contribution is 2.30. The summed E-state index contributed by atoms with van der Waals surface area (Å²) in [6, 6.07) is 9.81. The number of amides is 1. The summed E-state index contributed by atoms with van der Waals surface area (Å²) in [5, 5.41) is 14.9. The number of likely N-dealkylation sites (tertiary alicyclic amines) is 2. The largest absolute Gasteiger partial charge is 0.379 e. The van der Waals surface area contributed by atoms with Crippen LogP contribution in [0, 0.1) is 0 Å². The zero-order valence-electron chi connectivity index (χ0n) is 15.7. The topological polar surface area (TPSA) is 82.7 Å². The fraction of sp³-hybridized carbons (Fsp3) is 0.550. The van der Waals surface area contributed by atoms with E-state index in [-0.39, 0.29) is 11.8 Å². The van der Waals surface area contributed by atoms with Gasteiger partial charge in [0.1, 0.15) is 0 Å². The van der Waals surface area contributed by atoms with Crippen LogP contribution < -0.4 is 0 Å². The average Bonchev–Trinajstić information content (AvgIpc) is 3.18. The van der Waals surface area contributed by atoms with Crippen LogP contribution in [0.5, 0.6) is 0 Å². The normalized spacial score (nSPS) is 25.1. The lowest BCUT2D eigenvalue weighted by molar-refractivity contribution is -0.158. The lowest BCUT2D eigenvalue weighted by atomic mass is 9.89. The summed E-state index contributed by atoms with van der Waals surface area (Å²) in [4.78, 5) is 20.8. The molecule has 7 nitrogen and oxygen atoms in total. The molecule has 2 aliphatic rings. The van der Waals surface area contributed by atoms with Crippen molar-refractivity contribution in [2.45, 2.75) is 37.2 Å². The second-order valence-corrected chi connectivity index (χ2v) is 7.73. The fourth-order valence-electron chi connectivity index (χ4n) is 4.13. The molecule has 1 amide bonds. The number of aromatic nitrogens is 2. The predicted molar refractivity (Wildman–Crippen MR) is 100.0 cm³/mol. The van der Waals surface area contributed by atoms with Gasteiger partial charge in [0.25, 0.3) is 5.91 Å². The molecule has 3 heterocycles. The van der Waals surface area contributed by atoms with E-state index in [1.165, 1.54) is 0 Å². The van der Waals surface area contributed by atoms with Gasteiger partial charge in [0.05, 0.1) is 0 Å². The first-order valence-corrected chi connectivity index (χ1v) is 9.64. The van der Waals surface area contributed by atoms with E-state index in [0.717, 1.165) is 44.5 Å². The quantitative estimate of drug-likeness (QED) is 0.885. The van der Waals surface area contributed by atoms with Gasteiger partial charge in [0.15, 0.2) is 5.60 Å². The van der Waals surface area contributed by atoms with Gasteiger partial charge in [0, 0.05) is 31.6 Å². The van der Waals surface area contributed by atoms with E-state index in [9.17, 15) is 9.90 Å². The highest BCUT2D eigenvalue weighted by Gasteiger charge is 2.42. The Kier molecular flexibility index (Phi) is 4.97. The zero-order chi connectivity index (χ0) is 18.9. The number of benzene rings is 1. The number of aliphatic hydroxyl groups is 1. The van der Waals surface area contributed by atoms with Crippen LogP contribution in [-0.4, -0.2) is 69.8 Å². The van der Waals surface area contributed by atoms with Gasteiger partial charge < -0.3 is 14.5 Å². The summed E-state index contributed by atoms with van der Waals surface area (Å²) < 4.78 is 5.50. The molecule has 1 atom stereocenters. The minimum atomic E-state index is -1.25. The first-order chi connectivity index (χ1) is 13.0. The summed E-state index contributed by atoms with van der Waals surface area (Å²) in [7, 11) is 1.76. The molecule has 144 valence electrons. The maximum atomic E-state index is 12.4. The second-order valence-electron chi connectivity index (χ2n) is 7.73. The number of β-amino-alcohol motifs (C(OH)–C–C–N with tert-alkyl or cyclic N) is 1. The number of hydrogen-bond acceptors (Lipinski definition) is 6. The second kappa shape index (κ2) is 7.40. The van der Waals surface area contributed by atoms with Crippen LogP contribution in [0.4, 0.5) is 0 Å². The molecule has 7 heteroatoms. The molecule has 2 fully saturated rings. The molecular weight excluding hydrogens is 344 g/mol. The summed E-state index contributed by atoms with van der Waals surface area (Å²) in [5.41, 5.74) is -0.294. The van der Waals surface area contributed by atoms with Gasteiger partial charge in [-0.1, -0.05) is 35.5 Å². The summed E-state index contributed by atoms with van der Waals surface area (Å²) >= 11 is 0. The van der Waals surface area contributed by atoms with Gasteiger partial charge in [-0.15, -0.1) is 0 Å². The molecular formula is C20H26N4O3. The molecule has 1 N–H and O–H groups in total. The van der Waals surface area contributed by atoms with Gasteiger partial charge in [-0.3, -0.25) is 9.69 Å². The van der Waals surface area contributed by atoms with Crippen LogP contribution in [0.25, 0.3) is 11.4 Å². The molecule has 0 spiro atoms. The molecule has 0 aliphatic carbocycles. The summed E-state index contributed by atoms with van der Waals surface area (Å²) in [6.07, 6.45) is 3.16. The Morgan fingerprint density at radius 1 is 1.22 bits per heavy atom. The molecule has 27 heavy (non-hydrogen) atoms. The molecule has 0 radical (unpaired) electrons. The van der Waals surface area contributed by atoms with Gasteiger partial charge in [-0.05, 0) is 38.8 Å². The third-order valence-corrected chi connectivity index (χ3v) is 5.72. The minimum Gasteiger partial charge on any atom is -0.379 e. The van der Waals surface area contributed by atoms with E-state index in [1.54, 1.807) is 11.9 Å². The van der Waals surface area contributed by atoms with E-state index in [2.05, 4.69) is 15.0 Å². The van der Waals surface area contributed by atoms with Crippen molar-refractivity contribution in [1.82, 2.24) is 19.9 Å². The SMILES string of the molecule is CN1CCC[C@](O)(CN2CCC(c3nc(-c4ccccc4)no3)CC2)C1=O. The smallest absolute Gasteiger partial charge is 0.255 e. The average molecular weight is 370 g/mol. The molecule has 0 bridgehead atoms. The van der Waals surface area contributed by atoms with Crippen LogP contribution in [0.3, 0.4) is 0 Å². The monoisotopic (exact) mass is 370 g/mol. The van der Waals surface area contributed by atoms with E-state index >= 15 is 0 Å². The minimum absolute atomic E-state index is 0.153. The van der Waals surface area contributed by atoms with Crippen molar-refractivity contribution in [2.75, 3.05) is 33.2 Å². The number of carbonyl (C=O) groups excluding carboxylic acids is 1. The standard InChI is InChI=1S/C20H26N4O3/c1-23-11-5-10-20(26,19(23)25)14-24-12-8-16(9-13-24)18-21-17(22-27-18)15-6-3-2-4-7-15/h2-4,6-7,16,26H,5,8-14H2,1H3/t20-/m0/s1. The molecule has 0 saturated carbocycles. The Bertz CT molecular complexity index is 786. The molecule has 1 aromatic heterocycles. The van der Waals surface area contributed by atoms with Crippen molar-refractivity contribution in [2.24, 2.45) is 0 Å². The Balaban J connectivity index is 1.35. The molecule has 1 aromatic carbocycles. The number of carbonyl (C=O) groups is 1. The van der Waals surface area contributed by atoms with Crippen LogP contribution >= 0.6 is 0 Å². The summed E-state index contributed by atoms with van der Waals surface area (Å²) in [6.45, 7) is 2.76. The molecule has 4 rings (SSSR count). The predicted octanol–water partition coefficient (Wildman–Crippen LogP) is 1.90. The van der Waals surface area contributed by atoms with Crippen molar-refractivity contribution >= 4 is 5.91 Å². The van der Waals surface area contributed by atoms with Gasteiger partial charge in [-0.25, -0.2) is 0 Å². The van der Waals surface area contributed by atoms with Crippen LogP contribution in [0.15, 0.2) is 34.9 Å². The van der Waals surface area contributed by atoms with Crippen molar-refractivity contribution < 1.29 is 14.4 Å². The van der Waals surface area contributed by atoms with Crippen molar-refractivity contribution in [3.63, 3.8) is 0 Å². The van der Waals surface area contributed by atoms with Crippen molar-refractivity contribution in [1.29, 1.82) is 0 Å². The van der Waals surface area contributed by atoms with E-state index in [1.807, 2.05) is 30.3 Å². The molecule has 0 unspecified atom stereocenters. The van der Waals surface area contributed by atoms with Gasteiger partial charge in [-0.2, -0.15) is 4.98 Å². The highest BCUT2D eigenvalue weighted by molar-refractivity contribution is 5.85. The van der Waals surface area contributed by atoms with Gasteiger partial charge >= 0.3 is 0 Å². The summed E-state index contributed by atoms with van der Waals surface area (Å²) in [5.74, 6) is 1.38. The maximum absolute atomic E-state index is 12.4. The van der Waals surface area contributed by atoms with Crippen molar-refractivity contribution in [3.8, 4) is 11.4 Å². The Morgan fingerprint density at radius 3 is 2.70 bits per heavy atom. The van der Waals surface area contributed by atoms with Crippen LogP contribution in [0.2, 0.25) is 0 Å². The molecule has 2 aromatic rings. The van der Waals surface area contributed by atoms with E-state index in [0.29, 0.717) is 24.7 Å². The lowest BCUT2D eigenvalue weighted by Gasteiger charge is -2.41. The Morgan fingerprint density at radius 2 is 1.96 bits per heavy atom. The number of likely N-dealkylation sites (N-methyl/N-ethyl adjacent to an activating group) is 1. The molecule has 2 aliphatic heterocycles. The van der Waals surface area contributed by atoms with E-state index < -0.39 is 5.60 Å². The maximum Gasteiger partial charge on any atom is 0.255 e. The third kappa shape index (κ3) is 3.75. The van der Waals surface area contributed by atoms with Crippen LogP contribution in [-0.2, 0) is 4.79 Å². The Labute approximate surface area is 159 Å². The van der Waals surface area contributed by atoms with E-state index in [4.69, 9.17) is 4.52 Å². The Hall–Kier alpha value is -2.25. The van der Waals surface area contributed by atoms with Crippen molar-refractivity contribution in [3.05, 3.63) is 36.2 Å². The fourth-order valence-corrected chi connectivity index (χ4v) is 4.13. The van der Waals surface area contributed by atoms with Gasteiger partial charge in [0.2, 0.25) is 11.7 Å². The first-order valence-electron chi connectivity index (χ1n) is 9.64. The number of rotatable bonds is 4. The zero-order valence-corrected chi connectivity index (χ0v) is 15.7. The molecule has 2 saturated heterocycles. The number of nitrogens with zero attached hydrogens (tertiary/aromatic N) is 4. The van der Waals surface area contributed by atoms with Crippen LogP contribution in [0.1, 0.15) is 37.5 Å². The highest BCUT2D eigenvalue weighted by atomic mass is 16.5. The lowest BCUT2D eigenvalue weighted by Crippen LogP contribution is -2.58. The number of hydrogen-bond donors (Lipinski definition) is 1. The third-order valence-electron chi connectivity index (χ3n) is 5.72. The first kappa shape index (κ1) is 18.1. The number of piperidine rings is 2.